The lowest BCUT2D eigenvalue weighted by Gasteiger charge is -2.28. The van der Waals surface area contributed by atoms with Gasteiger partial charge in [-0.25, -0.2) is 8.42 Å². The number of hydrogen-bond donors (Lipinski definition) is 0. The summed E-state index contributed by atoms with van der Waals surface area (Å²) >= 11 is 0. The van der Waals surface area contributed by atoms with Crippen LogP contribution in [0.15, 0.2) is 149 Å². The summed E-state index contributed by atoms with van der Waals surface area (Å²) in [6.07, 6.45) is 0.801. The maximum atomic E-state index is 13.2. The van der Waals surface area contributed by atoms with E-state index in [9.17, 15) is 8.42 Å². The van der Waals surface area contributed by atoms with E-state index in [0.29, 0.717) is 9.79 Å². The second-order valence-electron chi connectivity index (χ2n) is 8.93. The maximum Gasteiger partial charge on any atom is 0.206 e. The van der Waals surface area contributed by atoms with Gasteiger partial charge in [0.05, 0.1) is 16.0 Å². The Morgan fingerprint density at radius 2 is 0.861 bits per heavy atom. The Hall–Kier alpha value is -3.52. The number of hydrogen-bond acceptors (Lipinski definition) is 2. The molecule has 0 fully saturated rings. The summed E-state index contributed by atoms with van der Waals surface area (Å²) in [5.74, 6) is 0. The lowest BCUT2D eigenvalue weighted by molar-refractivity contribution is 0.596. The van der Waals surface area contributed by atoms with E-state index in [2.05, 4.69) is 91.0 Å². The molecule has 0 aliphatic heterocycles. The fraction of sp³-hybridized carbons (Fsp3) is 0.0625. The number of rotatable bonds is 7. The van der Waals surface area contributed by atoms with Crippen molar-refractivity contribution in [3.63, 3.8) is 0 Å². The van der Waals surface area contributed by atoms with Crippen LogP contribution in [0, 0.1) is 6.92 Å². The van der Waals surface area contributed by atoms with E-state index in [4.69, 9.17) is 0 Å². The van der Waals surface area contributed by atoms with Crippen molar-refractivity contribution in [2.45, 2.75) is 22.9 Å². The van der Waals surface area contributed by atoms with Gasteiger partial charge < -0.3 is 0 Å². The molecule has 0 amide bonds. The SMILES string of the molecule is Cc1ccc(S(=O)(=O)c2ccc(C[P+](c3ccccc3)(c3ccccc3)c3ccccc3)cc2)cc1. The topological polar surface area (TPSA) is 34.1 Å². The van der Waals surface area contributed by atoms with E-state index >= 15 is 0 Å². The van der Waals surface area contributed by atoms with Crippen LogP contribution >= 0.6 is 7.26 Å². The first-order valence-corrected chi connectivity index (χ1v) is 15.4. The van der Waals surface area contributed by atoms with Gasteiger partial charge in [0.1, 0.15) is 23.2 Å². The Morgan fingerprint density at radius 3 is 1.25 bits per heavy atom. The van der Waals surface area contributed by atoms with Crippen LogP contribution in [0.3, 0.4) is 0 Å². The molecule has 2 nitrogen and oxygen atoms in total. The van der Waals surface area contributed by atoms with E-state index in [-0.39, 0.29) is 0 Å². The molecule has 178 valence electrons. The zero-order valence-electron chi connectivity index (χ0n) is 20.2. The number of sulfone groups is 1. The predicted octanol–water partition coefficient (Wildman–Crippen LogP) is 6.32. The minimum atomic E-state index is -3.56. The third kappa shape index (κ3) is 4.65. The second-order valence-corrected chi connectivity index (χ2v) is 14.4. The van der Waals surface area contributed by atoms with E-state index in [1.807, 2.05) is 31.2 Å². The molecule has 0 bridgehead atoms. The molecular formula is C32H28O2PS+. The smallest absolute Gasteiger partial charge is 0.206 e. The van der Waals surface area contributed by atoms with Crippen molar-refractivity contribution in [3.05, 3.63) is 151 Å². The molecule has 36 heavy (non-hydrogen) atoms. The number of benzene rings is 5. The lowest BCUT2D eigenvalue weighted by Crippen LogP contribution is -2.32. The van der Waals surface area contributed by atoms with Gasteiger partial charge in [-0.3, -0.25) is 0 Å². The first kappa shape index (κ1) is 24.2. The minimum absolute atomic E-state index is 0.318. The van der Waals surface area contributed by atoms with Crippen LogP contribution in [-0.2, 0) is 16.0 Å². The molecule has 0 aliphatic carbocycles. The Balaban J connectivity index is 1.61. The molecule has 0 saturated heterocycles. The Kier molecular flexibility index (Phi) is 6.87. The molecule has 5 rings (SSSR count). The highest BCUT2D eigenvalue weighted by atomic mass is 32.2. The summed E-state index contributed by atoms with van der Waals surface area (Å²) < 4.78 is 26.4. The van der Waals surface area contributed by atoms with Gasteiger partial charge in [0.15, 0.2) is 0 Å². The number of aryl methyl sites for hydroxylation is 1. The van der Waals surface area contributed by atoms with Crippen molar-refractivity contribution < 1.29 is 8.42 Å². The third-order valence-electron chi connectivity index (χ3n) is 6.58. The van der Waals surface area contributed by atoms with Crippen molar-refractivity contribution in [3.8, 4) is 0 Å². The summed E-state index contributed by atoms with van der Waals surface area (Å²) in [7, 11) is -5.61. The van der Waals surface area contributed by atoms with Gasteiger partial charge in [-0.05, 0) is 73.2 Å². The molecule has 0 saturated carbocycles. The Bertz CT molecular complexity index is 1430. The van der Waals surface area contributed by atoms with E-state index in [0.717, 1.165) is 17.3 Å². The van der Waals surface area contributed by atoms with Gasteiger partial charge >= 0.3 is 0 Å². The normalized spacial score (nSPS) is 11.8. The van der Waals surface area contributed by atoms with Crippen molar-refractivity contribution in [2.75, 3.05) is 0 Å². The van der Waals surface area contributed by atoms with Gasteiger partial charge in [-0.1, -0.05) is 84.4 Å². The molecule has 0 N–H and O–H groups in total. The van der Waals surface area contributed by atoms with Crippen molar-refractivity contribution in [1.82, 2.24) is 0 Å². The van der Waals surface area contributed by atoms with Crippen LogP contribution in [0.1, 0.15) is 11.1 Å². The molecule has 0 aliphatic rings. The average Bonchev–Trinajstić information content (AvgIpc) is 2.94. The fourth-order valence-electron chi connectivity index (χ4n) is 4.67. The van der Waals surface area contributed by atoms with Gasteiger partial charge in [-0.15, -0.1) is 0 Å². The fourth-order valence-corrected chi connectivity index (χ4v) is 10.2. The van der Waals surface area contributed by atoms with Gasteiger partial charge in [-0.2, -0.15) is 0 Å². The highest BCUT2D eigenvalue weighted by Gasteiger charge is 2.45. The van der Waals surface area contributed by atoms with E-state index < -0.39 is 17.1 Å². The van der Waals surface area contributed by atoms with Crippen LogP contribution in [0.25, 0.3) is 0 Å². The average molecular weight is 508 g/mol. The molecule has 0 radical (unpaired) electrons. The molecule has 0 atom stereocenters. The molecule has 0 heterocycles. The van der Waals surface area contributed by atoms with Gasteiger partial charge in [0.25, 0.3) is 0 Å². The molecule has 5 aromatic rings. The summed E-state index contributed by atoms with van der Waals surface area (Å²) in [6, 6.07) is 46.6. The first-order chi connectivity index (χ1) is 17.5. The van der Waals surface area contributed by atoms with Crippen LogP contribution in [0.4, 0.5) is 0 Å². The molecule has 4 heteroatoms. The van der Waals surface area contributed by atoms with Crippen LogP contribution in [0.2, 0.25) is 0 Å². The molecule has 0 spiro atoms. The van der Waals surface area contributed by atoms with Crippen molar-refractivity contribution >= 4 is 33.0 Å². The highest BCUT2D eigenvalue weighted by molar-refractivity contribution is 7.95. The van der Waals surface area contributed by atoms with Crippen molar-refractivity contribution in [2.24, 2.45) is 0 Å². The third-order valence-corrected chi connectivity index (χ3v) is 12.7. The zero-order chi connectivity index (χ0) is 25.0. The van der Waals surface area contributed by atoms with Crippen LogP contribution < -0.4 is 15.9 Å². The van der Waals surface area contributed by atoms with Crippen molar-refractivity contribution in [1.29, 1.82) is 0 Å². The van der Waals surface area contributed by atoms with Crippen LogP contribution in [-0.4, -0.2) is 8.42 Å². The monoisotopic (exact) mass is 507 g/mol. The molecular weight excluding hydrogens is 479 g/mol. The Labute approximate surface area is 214 Å². The van der Waals surface area contributed by atoms with Gasteiger partial charge in [0, 0.05) is 0 Å². The van der Waals surface area contributed by atoms with Crippen LogP contribution in [0.5, 0.6) is 0 Å². The molecule has 0 aromatic heterocycles. The molecule has 5 aromatic carbocycles. The van der Waals surface area contributed by atoms with E-state index in [1.54, 1.807) is 24.3 Å². The summed E-state index contributed by atoms with van der Waals surface area (Å²) in [5, 5.41) is 3.91. The first-order valence-electron chi connectivity index (χ1n) is 12.0. The highest BCUT2D eigenvalue weighted by Crippen LogP contribution is 2.58. The zero-order valence-corrected chi connectivity index (χ0v) is 21.9. The predicted molar refractivity (Wildman–Crippen MR) is 152 cm³/mol. The second kappa shape index (κ2) is 10.2. The van der Waals surface area contributed by atoms with Gasteiger partial charge in [0.2, 0.25) is 9.84 Å². The van der Waals surface area contributed by atoms with E-state index in [1.165, 1.54) is 15.9 Å². The Morgan fingerprint density at radius 1 is 0.500 bits per heavy atom. The largest absolute Gasteiger partial charge is 0.219 e. The summed E-state index contributed by atoms with van der Waals surface area (Å²) in [5.41, 5.74) is 2.15. The standard InChI is InChI=1S/C32H28O2PS/c1-26-17-21-31(22-18-26)36(33,34)32-23-19-27(20-24-32)25-35(28-11-5-2-6-12-28,29-13-7-3-8-14-29)30-15-9-4-10-16-30/h2-24H,25H2,1H3/q+1. The lowest BCUT2D eigenvalue weighted by atomic mass is 10.2. The quantitative estimate of drug-likeness (QED) is 0.242. The minimum Gasteiger partial charge on any atom is -0.219 e. The molecule has 0 unspecified atom stereocenters. The summed E-state index contributed by atoms with van der Waals surface area (Å²) in [4.78, 5) is 0.638. The maximum absolute atomic E-state index is 13.2. The summed E-state index contributed by atoms with van der Waals surface area (Å²) in [6.45, 7) is 1.95.